The van der Waals surface area contributed by atoms with Gasteiger partial charge in [-0.25, -0.2) is 0 Å². The first-order valence-electron chi connectivity index (χ1n) is 21.7. The van der Waals surface area contributed by atoms with Gasteiger partial charge in [0.1, 0.15) is 0 Å². The molecule has 4 bridgehead atoms. The third-order valence-corrected chi connectivity index (χ3v) is 14.3. The van der Waals surface area contributed by atoms with Crippen LogP contribution < -0.4 is 10.2 Å². The number of nitro benzene ring substituents is 2. The molecule has 4 fully saturated rings. The summed E-state index contributed by atoms with van der Waals surface area (Å²) in [5.74, 6) is 5.05. The van der Waals surface area contributed by atoms with E-state index < -0.39 is 4.92 Å². The third-order valence-electron chi connectivity index (χ3n) is 13.7. The minimum atomic E-state index is -0.391. The van der Waals surface area contributed by atoms with E-state index >= 15 is 0 Å². The predicted octanol–water partition coefficient (Wildman–Crippen LogP) is 15.2. The van der Waals surface area contributed by atoms with Crippen LogP contribution in [-0.2, 0) is 10.8 Å². The summed E-state index contributed by atoms with van der Waals surface area (Å²) in [7, 11) is 1.94. The highest BCUT2D eigenvalue weighted by molar-refractivity contribution is 6.33. The molecule has 59 heavy (non-hydrogen) atoms. The lowest BCUT2D eigenvalue weighted by Gasteiger charge is -2.47. The molecule has 0 saturated heterocycles. The maximum atomic E-state index is 11.0. The van der Waals surface area contributed by atoms with Gasteiger partial charge in [-0.2, -0.15) is 0 Å². The van der Waals surface area contributed by atoms with Crippen LogP contribution in [0.3, 0.4) is 0 Å². The molecule has 4 aromatic rings. The number of halogens is 2. The summed E-state index contributed by atoms with van der Waals surface area (Å²) < 4.78 is 0. The molecule has 4 saturated carbocycles. The molecule has 4 aromatic carbocycles. The van der Waals surface area contributed by atoms with Gasteiger partial charge in [-0.1, -0.05) is 82.9 Å². The zero-order chi connectivity index (χ0) is 42.6. The lowest BCUT2D eigenvalue weighted by atomic mass is 9.57. The van der Waals surface area contributed by atoms with Gasteiger partial charge in [-0.05, 0) is 164 Å². The van der Waals surface area contributed by atoms with E-state index in [2.05, 4.69) is 63.3 Å². The summed E-state index contributed by atoms with van der Waals surface area (Å²) in [6.45, 7) is 13.6. The molecule has 0 aromatic heterocycles. The average Bonchev–Trinajstić information content (AvgIpc) is 3.18. The molecule has 4 unspecified atom stereocenters. The molecule has 8 nitrogen and oxygen atoms in total. The normalized spacial score (nSPS) is 28.2. The summed E-state index contributed by atoms with van der Waals surface area (Å²) in [6.07, 6.45) is 13.2. The molecule has 8 rings (SSSR count). The number of rotatable bonds is 8. The molecule has 10 heteroatoms. The predicted molar refractivity (Wildman–Crippen MR) is 245 cm³/mol. The van der Waals surface area contributed by atoms with Gasteiger partial charge in [0.05, 0.1) is 31.3 Å². The van der Waals surface area contributed by atoms with Crippen molar-refractivity contribution >= 4 is 57.3 Å². The highest BCUT2D eigenvalue weighted by Gasteiger charge is 2.43. The van der Waals surface area contributed by atoms with Gasteiger partial charge < -0.3 is 10.2 Å². The van der Waals surface area contributed by atoms with E-state index in [1.165, 1.54) is 99.6 Å². The Morgan fingerprint density at radius 2 is 1.10 bits per heavy atom. The monoisotopic (exact) mass is 840 g/mol. The third kappa shape index (κ3) is 10.4. The number of non-ortho nitro benzene ring substituents is 2. The second kappa shape index (κ2) is 18.6. The molecule has 0 spiro atoms. The van der Waals surface area contributed by atoms with Gasteiger partial charge in [0.25, 0.3) is 11.4 Å². The van der Waals surface area contributed by atoms with Gasteiger partial charge in [0.15, 0.2) is 0 Å². The van der Waals surface area contributed by atoms with Crippen molar-refractivity contribution in [1.82, 2.24) is 0 Å². The van der Waals surface area contributed by atoms with Crippen LogP contribution in [0.15, 0.2) is 84.9 Å². The maximum Gasteiger partial charge on any atom is 0.271 e. The van der Waals surface area contributed by atoms with Gasteiger partial charge in [0.2, 0.25) is 0 Å². The molecule has 4 aliphatic rings. The van der Waals surface area contributed by atoms with E-state index in [1.807, 2.05) is 37.9 Å². The zero-order valence-electron chi connectivity index (χ0n) is 35.8. The highest BCUT2D eigenvalue weighted by Crippen LogP contribution is 2.53. The zero-order valence-corrected chi connectivity index (χ0v) is 37.4. The Kier molecular flexibility index (Phi) is 14.0. The second-order valence-electron chi connectivity index (χ2n) is 18.7. The van der Waals surface area contributed by atoms with Crippen LogP contribution in [0.2, 0.25) is 10.0 Å². The van der Waals surface area contributed by atoms with E-state index in [9.17, 15) is 20.2 Å². The van der Waals surface area contributed by atoms with Crippen molar-refractivity contribution in [2.45, 2.75) is 117 Å². The summed E-state index contributed by atoms with van der Waals surface area (Å²) in [5.41, 5.74) is 6.41. The van der Waals surface area contributed by atoms with Crippen LogP contribution in [0.5, 0.6) is 0 Å². The Morgan fingerprint density at radius 3 is 1.56 bits per heavy atom. The Hall–Kier alpha value is -4.14. The molecular formula is C49H62Cl2N4O4. The first-order valence-corrected chi connectivity index (χ1v) is 22.4. The molecule has 0 amide bonds. The fourth-order valence-electron chi connectivity index (χ4n) is 11.6. The largest absolute Gasteiger partial charge is 0.354 e. The molecule has 0 radical (unpaired) electrons. The van der Waals surface area contributed by atoms with Crippen LogP contribution >= 0.6 is 23.2 Å². The van der Waals surface area contributed by atoms with Crippen molar-refractivity contribution in [1.29, 1.82) is 0 Å². The molecule has 4 atom stereocenters. The lowest BCUT2D eigenvalue weighted by molar-refractivity contribution is -0.385. The van der Waals surface area contributed by atoms with Crippen LogP contribution in [0.25, 0.3) is 0 Å². The molecule has 0 heterocycles. The highest BCUT2D eigenvalue weighted by atomic mass is 35.5. The number of benzene rings is 4. The Balaban J connectivity index is 0.000000191. The number of nitrogens with one attached hydrogen (secondary N) is 1. The van der Waals surface area contributed by atoms with Gasteiger partial charge in [-0.15, -0.1) is 0 Å². The number of nitro groups is 2. The van der Waals surface area contributed by atoms with Gasteiger partial charge in [0, 0.05) is 42.7 Å². The Labute approximate surface area is 361 Å². The van der Waals surface area contributed by atoms with E-state index in [4.69, 9.17) is 23.2 Å². The smallest absolute Gasteiger partial charge is 0.271 e. The number of fused-ring (bicyclic) bond motifs is 4. The number of hydrogen-bond donors (Lipinski definition) is 1. The summed E-state index contributed by atoms with van der Waals surface area (Å²) in [6, 6.07) is 25.8. The van der Waals surface area contributed by atoms with Gasteiger partial charge in [-0.3, -0.25) is 20.2 Å². The molecule has 0 aliphatic heterocycles. The molecule has 4 aliphatic carbocycles. The van der Waals surface area contributed by atoms with E-state index in [1.54, 1.807) is 18.2 Å². The van der Waals surface area contributed by atoms with E-state index in [0.717, 1.165) is 57.6 Å². The summed E-state index contributed by atoms with van der Waals surface area (Å²) in [4.78, 5) is 23.1. The molecular weight excluding hydrogens is 779 g/mol. The molecule has 316 valence electrons. The van der Waals surface area contributed by atoms with Crippen molar-refractivity contribution in [3.05, 3.63) is 126 Å². The van der Waals surface area contributed by atoms with Crippen molar-refractivity contribution in [3.8, 4) is 0 Å². The number of anilines is 4. The van der Waals surface area contributed by atoms with Crippen LogP contribution in [0.1, 0.15) is 117 Å². The van der Waals surface area contributed by atoms with Gasteiger partial charge >= 0.3 is 0 Å². The standard InChI is InChI=1S/C24H29ClN2O2.C23H27ClN2O2.C2H6/c1-16-10-17-12-18(11-16)15-24(2,14-17)19-4-9-23(22(25)13-19)26(3)20-5-7-21(8-6-20)27(28)29;1-15-8-16-10-17(9-15)14-23(2,13-16)18-6-7-22(21(24)11-18)25-19-4-3-5-20(12-19)26(27)28;1-2/h4-9,13,16-18H,10-12,14-15H2,1-3H3;3-7,11-12,15-17,25H,8-10,13-14H2,1-2H3;1-2H3. The fraction of sp³-hybridized carbons (Fsp3) is 0.510. The first kappa shape index (κ1) is 44.4. The number of hydrogen-bond acceptors (Lipinski definition) is 6. The van der Waals surface area contributed by atoms with Crippen molar-refractivity contribution in [2.24, 2.45) is 35.5 Å². The van der Waals surface area contributed by atoms with Crippen molar-refractivity contribution in [2.75, 3.05) is 17.3 Å². The molecule has 1 N–H and O–H groups in total. The Bertz CT molecular complexity index is 2070. The minimum absolute atomic E-state index is 0.0632. The fourth-order valence-corrected chi connectivity index (χ4v) is 12.1. The SMILES string of the molecule is CC.CC1CC2CC(C1)CC(C)(c1ccc(N(C)c3ccc([N+](=O)[O-])cc3)c(Cl)c1)C2.CC1CC2CC(C1)CC(C)(c1ccc(Nc3cccc([N+](=O)[O-])c3)c(Cl)c1)C2. The van der Waals surface area contributed by atoms with E-state index in [-0.39, 0.29) is 27.1 Å². The minimum Gasteiger partial charge on any atom is -0.354 e. The van der Waals surface area contributed by atoms with Crippen LogP contribution in [0, 0.1) is 55.7 Å². The summed E-state index contributed by atoms with van der Waals surface area (Å²) >= 11 is 13.3. The second-order valence-corrected chi connectivity index (χ2v) is 19.5. The van der Waals surface area contributed by atoms with Crippen LogP contribution in [-0.4, -0.2) is 16.9 Å². The van der Waals surface area contributed by atoms with E-state index in [0.29, 0.717) is 10.7 Å². The average molecular weight is 842 g/mol. The van der Waals surface area contributed by atoms with Crippen molar-refractivity contribution < 1.29 is 9.85 Å². The number of nitrogens with zero attached hydrogens (tertiary/aromatic N) is 3. The first-order chi connectivity index (χ1) is 28.1. The summed E-state index contributed by atoms with van der Waals surface area (Å²) in [5, 5.41) is 26.5. The quantitative estimate of drug-likeness (QED) is 0.140. The topological polar surface area (TPSA) is 102 Å². The van der Waals surface area contributed by atoms with Crippen molar-refractivity contribution in [3.63, 3.8) is 0 Å². The van der Waals surface area contributed by atoms with Crippen LogP contribution in [0.4, 0.5) is 34.1 Å². The lowest BCUT2D eigenvalue weighted by Crippen LogP contribution is -2.38. The Morgan fingerprint density at radius 1 is 0.627 bits per heavy atom. The maximum absolute atomic E-state index is 11.0.